The second-order valence-corrected chi connectivity index (χ2v) is 8.68. The van der Waals surface area contributed by atoms with Gasteiger partial charge in [-0.2, -0.15) is 4.99 Å². The highest BCUT2D eigenvalue weighted by molar-refractivity contribution is 8.25. The Morgan fingerprint density at radius 2 is 1.89 bits per heavy atom. The zero-order valence-electron chi connectivity index (χ0n) is 15.1. The maximum Gasteiger partial charge on any atom is 0.269 e. The number of benzene rings is 2. The normalized spacial score (nSPS) is 18.6. The van der Waals surface area contributed by atoms with E-state index in [2.05, 4.69) is 9.98 Å². The number of thioether (sulfide) groups is 2. The van der Waals surface area contributed by atoms with Crippen molar-refractivity contribution in [3.8, 4) is 5.75 Å². The number of thiocarbonyl (C=S) groups is 1. The van der Waals surface area contributed by atoms with Crippen molar-refractivity contribution in [2.75, 3.05) is 11.5 Å². The van der Waals surface area contributed by atoms with Gasteiger partial charge in [0.25, 0.3) is 5.91 Å². The molecule has 2 heterocycles. The number of hydrogen-bond acceptors (Lipinski definition) is 6. The largest absolute Gasteiger partial charge is 0.494 e. The van der Waals surface area contributed by atoms with E-state index in [1.165, 1.54) is 23.5 Å². The lowest BCUT2D eigenvalue weighted by atomic mass is 10.2. The van der Waals surface area contributed by atoms with Crippen molar-refractivity contribution in [2.24, 2.45) is 9.98 Å². The van der Waals surface area contributed by atoms with E-state index in [0.29, 0.717) is 27.7 Å². The van der Waals surface area contributed by atoms with Crippen LogP contribution in [0, 0.1) is 0 Å². The van der Waals surface area contributed by atoms with Crippen molar-refractivity contribution in [3.63, 3.8) is 0 Å². The number of rotatable bonds is 5. The molecule has 1 unspecified atom stereocenters. The zero-order chi connectivity index (χ0) is 19.5. The van der Waals surface area contributed by atoms with Crippen LogP contribution in [-0.2, 0) is 10.5 Å². The fourth-order valence-corrected chi connectivity index (χ4v) is 5.06. The summed E-state index contributed by atoms with van der Waals surface area (Å²) < 4.78 is 6.10. The fraction of sp³-hybridized carbons (Fsp3) is 0.200. The van der Waals surface area contributed by atoms with E-state index in [1.54, 1.807) is 0 Å². The van der Waals surface area contributed by atoms with Crippen LogP contribution in [0.3, 0.4) is 0 Å². The molecule has 1 fully saturated rings. The maximum absolute atomic E-state index is 12.6. The Kier molecular flexibility index (Phi) is 5.79. The van der Waals surface area contributed by atoms with Crippen LogP contribution < -0.4 is 9.64 Å². The van der Waals surface area contributed by atoms with Crippen LogP contribution >= 0.6 is 35.7 Å². The molecule has 0 saturated carbocycles. The second kappa shape index (κ2) is 8.46. The summed E-state index contributed by atoms with van der Waals surface area (Å²) in [6.45, 7) is 2.56. The van der Waals surface area contributed by atoms with Crippen LogP contribution in [0.5, 0.6) is 5.75 Å². The van der Waals surface area contributed by atoms with E-state index in [1.807, 2.05) is 66.4 Å². The molecule has 2 aliphatic heterocycles. The van der Waals surface area contributed by atoms with E-state index >= 15 is 0 Å². The number of carbonyl (C=O) groups excluding carboxylic acids is 1. The second-order valence-electron chi connectivity index (χ2n) is 6.00. The molecule has 2 aliphatic rings. The number of fused-ring (bicyclic) bond motifs is 1. The van der Waals surface area contributed by atoms with Gasteiger partial charge in [0.05, 0.1) is 6.61 Å². The average molecular weight is 428 g/mol. The monoisotopic (exact) mass is 427 g/mol. The Hall–Kier alpha value is -2.16. The van der Waals surface area contributed by atoms with E-state index < -0.39 is 5.25 Å². The van der Waals surface area contributed by atoms with Gasteiger partial charge in [-0.1, -0.05) is 66.1 Å². The number of hydrogen-bond donors (Lipinski definition) is 0. The van der Waals surface area contributed by atoms with Crippen molar-refractivity contribution < 1.29 is 9.53 Å². The van der Waals surface area contributed by atoms with E-state index in [0.717, 1.165) is 17.0 Å². The molecule has 2 aromatic carbocycles. The molecule has 8 heteroatoms. The van der Waals surface area contributed by atoms with Crippen LogP contribution in [0.1, 0.15) is 12.5 Å². The third-order valence-electron chi connectivity index (χ3n) is 4.12. The maximum atomic E-state index is 12.6. The zero-order valence-corrected chi connectivity index (χ0v) is 17.5. The molecule has 4 rings (SSSR count). The quantitative estimate of drug-likeness (QED) is 0.654. The van der Waals surface area contributed by atoms with Crippen LogP contribution in [0.25, 0.3) is 0 Å². The van der Waals surface area contributed by atoms with Crippen molar-refractivity contribution in [1.82, 2.24) is 0 Å². The van der Waals surface area contributed by atoms with Gasteiger partial charge in [-0.05, 0) is 36.8 Å². The first-order chi connectivity index (χ1) is 13.7. The molecule has 0 radical (unpaired) electrons. The molecule has 1 saturated heterocycles. The predicted octanol–water partition coefficient (Wildman–Crippen LogP) is 4.52. The minimum atomic E-state index is -0.472. The third-order valence-corrected chi connectivity index (χ3v) is 6.54. The lowest BCUT2D eigenvalue weighted by molar-refractivity contribution is -0.116. The topological polar surface area (TPSA) is 54.3 Å². The molecular formula is C20H17N3O2S3. The molecule has 1 amide bonds. The lowest BCUT2D eigenvalue weighted by Crippen LogP contribution is -2.37. The number of ether oxygens (including phenoxy) is 1. The SMILES string of the molecule is CCOc1ccc(N2C(=S)SC3C(=O)N=C(SCc4ccccc4)N=C32)cc1. The summed E-state index contributed by atoms with van der Waals surface area (Å²) in [5, 5.41) is 0.00137. The Bertz CT molecular complexity index is 958. The molecular weight excluding hydrogens is 410 g/mol. The Balaban J connectivity index is 1.57. The van der Waals surface area contributed by atoms with Gasteiger partial charge in [-0.3, -0.25) is 9.69 Å². The number of anilines is 1. The van der Waals surface area contributed by atoms with Crippen LogP contribution in [0.15, 0.2) is 64.6 Å². The fourth-order valence-electron chi connectivity index (χ4n) is 2.84. The summed E-state index contributed by atoms with van der Waals surface area (Å²) in [6.07, 6.45) is 0. The standard InChI is InChI=1S/C20H17N3O2S3/c1-2-25-15-10-8-14(9-11-15)23-17-16(28-20(23)26)18(24)22-19(21-17)27-12-13-6-4-3-5-7-13/h3-11,16H,2,12H2,1H3. The molecule has 5 nitrogen and oxygen atoms in total. The first-order valence-electron chi connectivity index (χ1n) is 8.77. The molecule has 0 N–H and O–H groups in total. The number of carbonyl (C=O) groups is 1. The molecule has 142 valence electrons. The lowest BCUT2D eigenvalue weighted by Gasteiger charge is -2.21. The van der Waals surface area contributed by atoms with Gasteiger partial charge in [0.15, 0.2) is 10.4 Å². The van der Waals surface area contributed by atoms with Gasteiger partial charge < -0.3 is 4.74 Å². The summed E-state index contributed by atoms with van der Waals surface area (Å²) >= 11 is 8.29. The molecule has 28 heavy (non-hydrogen) atoms. The molecule has 0 aliphatic carbocycles. The minimum Gasteiger partial charge on any atom is -0.494 e. The highest BCUT2D eigenvalue weighted by Crippen LogP contribution is 2.36. The van der Waals surface area contributed by atoms with Gasteiger partial charge in [0, 0.05) is 11.4 Å². The van der Waals surface area contributed by atoms with Gasteiger partial charge in [-0.15, -0.1) is 0 Å². The number of amides is 1. The van der Waals surface area contributed by atoms with E-state index in [9.17, 15) is 4.79 Å². The molecule has 0 bridgehead atoms. The van der Waals surface area contributed by atoms with E-state index in [-0.39, 0.29) is 5.91 Å². The molecule has 2 aromatic rings. The summed E-state index contributed by atoms with van der Waals surface area (Å²) in [5.74, 6) is 1.92. The third kappa shape index (κ3) is 3.99. The van der Waals surface area contributed by atoms with Crippen LogP contribution in [-0.4, -0.2) is 33.1 Å². The van der Waals surface area contributed by atoms with Crippen molar-refractivity contribution in [2.45, 2.75) is 17.9 Å². The van der Waals surface area contributed by atoms with Gasteiger partial charge in [-0.25, -0.2) is 4.99 Å². The number of nitrogens with zero attached hydrogens (tertiary/aromatic N) is 3. The van der Waals surface area contributed by atoms with Crippen LogP contribution in [0.4, 0.5) is 5.69 Å². The molecule has 1 atom stereocenters. The van der Waals surface area contributed by atoms with Crippen molar-refractivity contribution in [3.05, 3.63) is 60.2 Å². The van der Waals surface area contributed by atoms with Crippen molar-refractivity contribution >= 4 is 62.7 Å². The number of aliphatic imine (C=N–C) groups is 2. The van der Waals surface area contributed by atoms with Gasteiger partial charge in [0.1, 0.15) is 15.9 Å². The van der Waals surface area contributed by atoms with Crippen molar-refractivity contribution in [1.29, 1.82) is 0 Å². The highest BCUT2D eigenvalue weighted by Gasteiger charge is 2.42. The minimum absolute atomic E-state index is 0.207. The number of amidine groups is 2. The summed E-state index contributed by atoms with van der Waals surface area (Å²) in [5.41, 5.74) is 2.02. The summed E-state index contributed by atoms with van der Waals surface area (Å²) in [4.78, 5) is 23.2. The smallest absolute Gasteiger partial charge is 0.269 e. The Labute approximate surface area is 177 Å². The van der Waals surface area contributed by atoms with Gasteiger partial charge >= 0.3 is 0 Å². The Morgan fingerprint density at radius 3 is 2.61 bits per heavy atom. The van der Waals surface area contributed by atoms with Gasteiger partial charge in [0.2, 0.25) is 0 Å². The first kappa shape index (κ1) is 19.2. The average Bonchev–Trinajstić information content (AvgIpc) is 3.05. The first-order valence-corrected chi connectivity index (χ1v) is 11.0. The van der Waals surface area contributed by atoms with Crippen LogP contribution in [0.2, 0.25) is 0 Å². The highest BCUT2D eigenvalue weighted by atomic mass is 32.2. The molecule has 0 spiro atoms. The summed E-state index contributed by atoms with van der Waals surface area (Å²) in [7, 11) is 0. The summed E-state index contributed by atoms with van der Waals surface area (Å²) in [6, 6.07) is 17.7. The molecule has 0 aromatic heterocycles. The Morgan fingerprint density at radius 1 is 1.14 bits per heavy atom. The predicted molar refractivity (Wildman–Crippen MR) is 122 cm³/mol. The van der Waals surface area contributed by atoms with E-state index in [4.69, 9.17) is 17.0 Å².